The highest BCUT2D eigenvalue weighted by atomic mass is 35.5. The number of carbonyl (C=O) groups excluding carboxylic acids is 1. The quantitative estimate of drug-likeness (QED) is 0.339. The molecule has 2 heterocycles. The molecule has 0 bridgehead atoms. The van der Waals surface area contributed by atoms with Gasteiger partial charge in [-0.3, -0.25) is 4.79 Å². The lowest BCUT2D eigenvalue weighted by Gasteiger charge is -2.10. The first-order valence-electron chi connectivity index (χ1n) is 10.3. The van der Waals surface area contributed by atoms with E-state index < -0.39 is 0 Å². The molecule has 5 rings (SSSR count). The van der Waals surface area contributed by atoms with Crippen molar-refractivity contribution in [3.8, 4) is 0 Å². The largest absolute Gasteiger partial charge is 0.356 e. The smallest absolute Gasteiger partial charge is 0.227 e. The third kappa shape index (κ3) is 3.92. The number of aromatic nitrogens is 2. The van der Waals surface area contributed by atoms with Gasteiger partial charge in [-0.2, -0.15) is 0 Å². The number of carbonyl (C=O) groups is 1. The summed E-state index contributed by atoms with van der Waals surface area (Å²) in [6.07, 6.45) is 4.27. The number of hydrogen-bond donors (Lipinski definition) is 2. The molecule has 1 aliphatic rings. The van der Waals surface area contributed by atoms with Gasteiger partial charge in [-0.05, 0) is 43.2 Å². The fraction of sp³-hybridized carbons (Fsp3) is 0.250. The summed E-state index contributed by atoms with van der Waals surface area (Å²) in [7, 11) is 0. The summed E-state index contributed by atoms with van der Waals surface area (Å²) in [4.78, 5) is 20.6. The predicted molar refractivity (Wildman–Crippen MR) is 125 cm³/mol. The lowest BCUT2D eigenvalue weighted by molar-refractivity contribution is -0.119. The molecule has 6 heteroatoms. The van der Waals surface area contributed by atoms with Crippen molar-refractivity contribution in [2.24, 2.45) is 5.92 Å². The van der Waals surface area contributed by atoms with Gasteiger partial charge in [0.2, 0.25) is 5.91 Å². The van der Waals surface area contributed by atoms with Gasteiger partial charge < -0.3 is 10.3 Å². The first kappa shape index (κ1) is 19.5. The average Bonchev–Trinajstić information content (AvgIpc) is 3.41. The molecule has 2 N–H and O–H groups in total. The van der Waals surface area contributed by atoms with Gasteiger partial charge in [0, 0.05) is 39.3 Å². The zero-order valence-corrected chi connectivity index (χ0v) is 18.0. The number of pyridine rings is 1. The molecule has 2 aromatic heterocycles. The Morgan fingerprint density at radius 3 is 2.83 bits per heavy atom. The Balaban J connectivity index is 1.33. The normalized spacial score (nSPS) is 14.6. The molecule has 1 fully saturated rings. The predicted octanol–water partition coefficient (Wildman–Crippen LogP) is 6.79. The number of para-hydroxylation sites is 1. The van der Waals surface area contributed by atoms with Crippen LogP contribution in [0, 0.1) is 5.92 Å². The summed E-state index contributed by atoms with van der Waals surface area (Å²) in [5.41, 5.74) is 3.73. The summed E-state index contributed by atoms with van der Waals surface area (Å²) in [5.74, 6) is 0.961. The summed E-state index contributed by atoms with van der Waals surface area (Å²) < 4.78 is 0. The Hall–Kier alpha value is -2.50. The number of halogens is 1. The van der Waals surface area contributed by atoms with Crippen LogP contribution in [0.5, 0.6) is 0 Å². The van der Waals surface area contributed by atoms with Gasteiger partial charge >= 0.3 is 0 Å². The molecule has 1 saturated carbocycles. The molecule has 1 aliphatic carbocycles. The van der Waals surface area contributed by atoms with Crippen LogP contribution < -0.4 is 5.32 Å². The molecule has 4 aromatic rings. The zero-order valence-electron chi connectivity index (χ0n) is 16.5. The van der Waals surface area contributed by atoms with Crippen LogP contribution >= 0.6 is 23.4 Å². The van der Waals surface area contributed by atoms with E-state index in [4.69, 9.17) is 16.6 Å². The van der Waals surface area contributed by atoms with Crippen molar-refractivity contribution in [3.05, 3.63) is 65.3 Å². The highest BCUT2D eigenvalue weighted by Crippen LogP contribution is 2.34. The van der Waals surface area contributed by atoms with E-state index in [1.807, 2.05) is 42.5 Å². The van der Waals surface area contributed by atoms with E-state index >= 15 is 0 Å². The lowest BCUT2D eigenvalue weighted by atomic mass is 10.1. The number of fused-ring (bicyclic) bond motifs is 2. The highest BCUT2D eigenvalue weighted by molar-refractivity contribution is 7.98. The molecule has 30 heavy (non-hydrogen) atoms. The van der Waals surface area contributed by atoms with Crippen molar-refractivity contribution in [1.82, 2.24) is 9.97 Å². The van der Waals surface area contributed by atoms with E-state index in [2.05, 4.69) is 22.4 Å². The minimum atomic E-state index is 0.122. The number of nitrogens with one attached hydrogen (secondary N) is 2. The molecule has 0 aliphatic heterocycles. The third-order valence-electron chi connectivity index (χ3n) is 5.74. The first-order chi connectivity index (χ1) is 14.7. The van der Waals surface area contributed by atoms with Crippen LogP contribution in [0.25, 0.3) is 21.8 Å². The Labute approximate surface area is 184 Å². The van der Waals surface area contributed by atoms with E-state index in [0.717, 1.165) is 63.9 Å². The van der Waals surface area contributed by atoms with Crippen molar-refractivity contribution in [1.29, 1.82) is 0 Å². The Bertz CT molecular complexity index is 1230. The fourth-order valence-electron chi connectivity index (χ4n) is 4.10. The molecular formula is C24H22ClN3OS. The second-order valence-electron chi connectivity index (χ2n) is 7.78. The number of amides is 1. The maximum atomic E-state index is 12.4. The lowest BCUT2D eigenvalue weighted by Crippen LogP contribution is -2.20. The van der Waals surface area contributed by atoms with Crippen LogP contribution in [0.2, 0.25) is 5.02 Å². The molecule has 0 atom stereocenters. The number of thioether (sulfide) groups is 1. The van der Waals surface area contributed by atoms with Crippen LogP contribution in [0.1, 0.15) is 31.4 Å². The summed E-state index contributed by atoms with van der Waals surface area (Å²) in [5, 5.41) is 6.80. The second kappa shape index (κ2) is 8.32. The summed E-state index contributed by atoms with van der Waals surface area (Å²) >= 11 is 8.33. The number of rotatable bonds is 5. The van der Waals surface area contributed by atoms with Crippen molar-refractivity contribution in [3.63, 3.8) is 0 Å². The number of H-pyrrole nitrogens is 1. The topological polar surface area (TPSA) is 57.8 Å². The van der Waals surface area contributed by atoms with E-state index in [1.165, 1.54) is 0 Å². The van der Waals surface area contributed by atoms with Gasteiger partial charge in [0.25, 0.3) is 0 Å². The second-order valence-corrected chi connectivity index (χ2v) is 9.15. The number of hydrogen-bond acceptors (Lipinski definition) is 3. The van der Waals surface area contributed by atoms with Gasteiger partial charge in [0.15, 0.2) is 0 Å². The fourth-order valence-corrected chi connectivity index (χ4v) is 5.28. The SMILES string of the molecule is O=C(Nc1ccc2[nH]c(CSc3ccc4ccccc4n3)c(Cl)c2c1)C1CCCC1. The van der Waals surface area contributed by atoms with Crippen LogP contribution in [0.4, 0.5) is 5.69 Å². The molecule has 2 aromatic carbocycles. The van der Waals surface area contributed by atoms with Crippen LogP contribution in [0.3, 0.4) is 0 Å². The van der Waals surface area contributed by atoms with Gasteiger partial charge in [-0.25, -0.2) is 4.98 Å². The first-order valence-corrected chi connectivity index (χ1v) is 11.6. The minimum Gasteiger partial charge on any atom is -0.356 e. The van der Waals surface area contributed by atoms with E-state index in [-0.39, 0.29) is 11.8 Å². The van der Waals surface area contributed by atoms with Crippen LogP contribution in [0.15, 0.2) is 59.6 Å². The number of nitrogens with zero attached hydrogens (tertiary/aromatic N) is 1. The number of aromatic amines is 1. The standard InChI is InChI=1S/C24H22ClN3OS/c25-23-18-13-17(26-24(29)16-6-1-2-7-16)10-11-20(18)27-21(23)14-30-22-12-9-15-5-3-4-8-19(15)28-22/h3-5,8-13,16,27H,1-2,6-7,14H2,(H,26,29). The number of anilines is 1. The Kier molecular flexibility index (Phi) is 5.40. The van der Waals surface area contributed by atoms with Gasteiger partial charge in [-0.15, -0.1) is 11.8 Å². The maximum absolute atomic E-state index is 12.4. The van der Waals surface area contributed by atoms with Gasteiger partial charge in [0.1, 0.15) is 0 Å². The summed E-state index contributed by atoms with van der Waals surface area (Å²) in [6.45, 7) is 0. The average molecular weight is 436 g/mol. The van der Waals surface area contributed by atoms with Crippen molar-refractivity contribution in [2.75, 3.05) is 5.32 Å². The van der Waals surface area contributed by atoms with Crippen molar-refractivity contribution >= 4 is 56.8 Å². The maximum Gasteiger partial charge on any atom is 0.227 e. The summed E-state index contributed by atoms with van der Waals surface area (Å²) in [6, 6.07) is 18.1. The molecule has 0 spiro atoms. The van der Waals surface area contributed by atoms with Crippen LogP contribution in [-0.2, 0) is 10.5 Å². The van der Waals surface area contributed by atoms with Gasteiger partial charge in [-0.1, -0.05) is 48.7 Å². The molecule has 152 valence electrons. The number of benzene rings is 2. The van der Waals surface area contributed by atoms with Gasteiger partial charge in [0.05, 0.1) is 15.6 Å². The Morgan fingerprint density at radius 2 is 1.97 bits per heavy atom. The van der Waals surface area contributed by atoms with Crippen LogP contribution in [-0.4, -0.2) is 15.9 Å². The van der Waals surface area contributed by atoms with Crippen molar-refractivity contribution in [2.45, 2.75) is 36.5 Å². The van der Waals surface area contributed by atoms with Crippen molar-refractivity contribution < 1.29 is 4.79 Å². The monoisotopic (exact) mass is 435 g/mol. The molecule has 4 nitrogen and oxygen atoms in total. The van der Waals surface area contributed by atoms with E-state index in [0.29, 0.717) is 10.8 Å². The molecular weight excluding hydrogens is 414 g/mol. The molecule has 0 saturated heterocycles. The minimum absolute atomic E-state index is 0.122. The van der Waals surface area contributed by atoms with E-state index in [1.54, 1.807) is 11.8 Å². The molecule has 0 unspecified atom stereocenters. The van der Waals surface area contributed by atoms with E-state index in [9.17, 15) is 4.79 Å². The Morgan fingerprint density at radius 1 is 1.13 bits per heavy atom. The highest BCUT2D eigenvalue weighted by Gasteiger charge is 2.22. The molecule has 0 radical (unpaired) electrons. The molecule has 1 amide bonds. The third-order valence-corrected chi connectivity index (χ3v) is 7.13. The zero-order chi connectivity index (χ0) is 20.5.